The van der Waals surface area contributed by atoms with Crippen molar-refractivity contribution in [2.24, 2.45) is 5.73 Å². The van der Waals surface area contributed by atoms with Crippen LogP contribution in [0.3, 0.4) is 0 Å². The second-order valence-electron chi connectivity index (χ2n) is 6.69. The predicted molar refractivity (Wildman–Crippen MR) is 102 cm³/mol. The van der Waals surface area contributed by atoms with E-state index in [1.807, 2.05) is 0 Å². The molecule has 9 nitrogen and oxygen atoms in total. The van der Waals surface area contributed by atoms with Crippen molar-refractivity contribution in [2.75, 3.05) is 68.1 Å². The second-order valence-corrected chi connectivity index (χ2v) is 6.69. The minimum absolute atomic E-state index is 0.510. The Morgan fingerprint density at radius 3 is 2.38 bits per heavy atom. The normalized spacial score (nSPS) is 17.3. The summed E-state index contributed by atoms with van der Waals surface area (Å²) in [5, 5.41) is 6.62. The summed E-state index contributed by atoms with van der Waals surface area (Å²) in [6.45, 7) is 5.48. The molecule has 26 heavy (non-hydrogen) atoms. The molecule has 146 valence electrons. The maximum Gasteiger partial charge on any atom is 0.231 e. The van der Waals surface area contributed by atoms with Crippen LogP contribution in [-0.2, 0) is 9.47 Å². The minimum Gasteiger partial charge on any atom is -0.378 e. The maximum atomic E-state index is 5.53. The Labute approximate surface area is 155 Å². The molecule has 2 heterocycles. The Kier molecular flexibility index (Phi) is 7.66. The van der Waals surface area contributed by atoms with Gasteiger partial charge in [0.15, 0.2) is 0 Å². The first kappa shape index (κ1) is 19.1. The third-order valence-electron chi connectivity index (χ3n) is 4.34. The van der Waals surface area contributed by atoms with Gasteiger partial charge in [-0.2, -0.15) is 15.0 Å². The van der Waals surface area contributed by atoms with Crippen molar-refractivity contribution in [3.63, 3.8) is 0 Å². The van der Waals surface area contributed by atoms with Gasteiger partial charge >= 0.3 is 0 Å². The molecule has 0 spiro atoms. The molecule has 0 amide bonds. The van der Waals surface area contributed by atoms with E-state index in [1.165, 1.54) is 32.1 Å². The topological polar surface area (TPSA) is 110 Å². The highest BCUT2D eigenvalue weighted by Gasteiger charge is 2.23. The largest absolute Gasteiger partial charge is 0.378 e. The van der Waals surface area contributed by atoms with Gasteiger partial charge in [-0.25, -0.2) is 0 Å². The molecule has 1 aromatic heterocycles. The number of anilines is 3. The summed E-state index contributed by atoms with van der Waals surface area (Å²) in [5.74, 6) is 2.04. The molecule has 1 saturated carbocycles. The van der Waals surface area contributed by atoms with Gasteiger partial charge in [-0.3, -0.25) is 0 Å². The summed E-state index contributed by atoms with van der Waals surface area (Å²) in [4.78, 5) is 16.0. The number of rotatable bonds is 12. The van der Waals surface area contributed by atoms with E-state index in [4.69, 9.17) is 15.2 Å². The molecule has 9 heteroatoms. The first-order valence-corrected chi connectivity index (χ1v) is 9.72. The molecule has 0 bridgehead atoms. The number of piperidine rings is 1. The monoisotopic (exact) mass is 365 g/mol. The lowest BCUT2D eigenvalue weighted by Gasteiger charge is -2.27. The highest BCUT2D eigenvalue weighted by Crippen LogP contribution is 2.25. The fourth-order valence-electron chi connectivity index (χ4n) is 2.79. The number of nitrogens with two attached hydrogens (primary N) is 1. The molecule has 1 aliphatic heterocycles. The average molecular weight is 365 g/mol. The van der Waals surface area contributed by atoms with Crippen LogP contribution in [0.15, 0.2) is 0 Å². The van der Waals surface area contributed by atoms with Gasteiger partial charge in [0.25, 0.3) is 0 Å². The second kappa shape index (κ2) is 10.4. The summed E-state index contributed by atoms with van der Waals surface area (Å²) < 4.78 is 10.8. The van der Waals surface area contributed by atoms with Gasteiger partial charge in [-0.15, -0.1) is 0 Å². The highest BCUT2D eigenvalue weighted by molar-refractivity contribution is 5.45. The van der Waals surface area contributed by atoms with Crippen LogP contribution in [-0.4, -0.2) is 73.6 Å². The third-order valence-corrected chi connectivity index (χ3v) is 4.34. The number of hydrogen-bond donors (Lipinski definition) is 3. The van der Waals surface area contributed by atoms with Crippen LogP contribution in [0.2, 0.25) is 0 Å². The lowest BCUT2D eigenvalue weighted by Crippen LogP contribution is -2.31. The van der Waals surface area contributed by atoms with Crippen molar-refractivity contribution < 1.29 is 9.47 Å². The van der Waals surface area contributed by atoms with Crippen LogP contribution in [0, 0.1) is 0 Å². The number of hydrogen-bond acceptors (Lipinski definition) is 9. The minimum atomic E-state index is 0.510. The Balaban J connectivity index is 1.48. The van der Waals surface area contributed by atoms with E-state index in [1.54, 1.807) is 0 Å². The first-order chi connectivity index (χ1) is 12.8. The molecule has 0 aromatic carbocycles. The standard InChI is InChI=1S/C17H31N7O2/c18-6-10-25-12-13-26-11-7-19-15-21-16(20-14-4-5-14)23-17(22-15)24-8-2-1-3-9-24/h14H,1-13,18H2,(H2,19,20,21,22,23). The molecular formula is C17H31N7O2. The van der Waals surface area contributed by atoms with E-state index in [9.17, 15) is 0 Å². The van der Waals surface area contributed by atoms with Crippen molar-refractivity contribution in [3.8, 4) is 0 Å². The van der Waals surface area contributed by atoms with Crippen LogP contribution in [0.25, 0.3) is 0 Å². The van der Waals surface area contributed by atoms with E-state index in [-0.39, 0.29) is 0 Å². The molecule has 0 radical (unpaired) electrons. The SMILES string of the molecule is NCCOCCOCCNc1nc(NC2CC2)nc(N2CCCCC2)n1. The lowest BCUT2D eigenvalue weighted by atomic mass is 10.1. The molecule has 4 N–H and O–H groups in total. The van der Waals surface area contributed by atoms with Gasteiger partial charge in [-0.05, 0) is 32.1 Å². The van der Waals surface area contributed by atoms with Crippen LogP contribution in [0.1, 0.15) is 32.1 Å². The molecule has 3 rings (SSSR count). The summed E-state index contributed by atoms with van der Waals surface area (Å²) >= 11 is 0. The zero-order valence-corrected chi connectivity index (χ0v) is 15.5. The lowest BCUT2D eigenvalue weighted by molar-refractivity contribution is 0.0547. The van der Waals surface area contributed by atoms with E-state index < -0.39 is 0 Å². The van der Waals surface area contributed by atoms with Crippen molar-refractivity contribution in [1.82, 2.24) is 15.0 Å². The quantitative estimate of drug-likeness (QED) is 0.464. The maximum absolute atomic E-state index is 5.53. The van der Waals surface area contributed by atoms with E-state index in [0.29, 0.717) is 57.5 Å². The van der Waals surface area contributed by atoms with Crippen LogP contribution in [0.5, 0.6) is 0 Å². The van der Waals surface area contributed by atoms with Crippen molar-refractivity contribution in [2.45, 2.75) is 38.1 Å². The smallest absolute Gasteiger partial charge is 0.231 e. The Morgan fingerprint density at radius 1 is 0.923 bits per heavy atom. The first-order valence-electron chi connectivity index (χ1n) is 9.72. The number of nitrogens with zero attached hydrogens (tertiary/aromatic N) is 4. The summed E-state index contributed by atoms with van der Waals surface area (Å²) in [5.41, 5.74) is 5.36. The Morgan fingerprint density at radius 2 is 1.65 bits per heavy atom. The molecule has 1 saturated heterocycles. The summed E-state index contributed by atoms with van der Waals surface area (Å²) in [7, 11) is 0. The predicted octanol–water partition coefficient (Wildman–Crippen LogP) is 0.840. The molecule has 1 aliphatic carbocycles. The molecule has 1 aromatic rings. The van der Waals surface area contributed by atoms with E-state index in [0.717, 1.165) is 19.0 Å². The number of ether oxygens (including phenoxy) is 2. The molecule has 2 aliphatic rings. The van der Waals surface area contributed by atoms with Crippen LogP contribution < -0.4 is 21.3 Å². The fourth-order valence-corrected chi connectivity index (χ4v) is 2.79. The molecule has 0 unspecified atom stereocenters. The van der Waals surface area contributed by atoms with Gasteiger partial charge in [-0.1, -0.05) is 0 Å². The fraction of sp³-hybridized carbons (Fsp3) is 0.824. The molecule has 0 atom stereocenters. The summed E-state index contributed by atoms with van der Waals surface area (Å²) in [6.07, 6.45) is 6.05. The average Bonchev–Trinajstić information content (AvgIpc) is 3.48. The zero-order chi connectivity index (χ0) is 18.0. The van der Waals surface area contributed by atoms with Gasteiger partial charge in [0.2, 0.25) is 17.8 Å². The van der Waals surface area contributed by atoms with E-state index >= 15 is 0 Å². The van der Waals surface area contributed by atoms with Gasteiger partial charge in [0, 0.05) is 32.2 Å². The van der Waals surface area contributed by atoms with Crippen molar-refractivity contribution in [1.29, 1.82) is 0 Å². The van der Waals surface area contributed by atoms with Crippen molar-refractivity contribution >= 4 is 17.8 Å². The summed E-state index contributed by atoms with van der Waals surface area (Å²) in [6, 6.07) is 0.510. The van der Waals surface area contributed by atoms with Gasteiger partial charge < -0.3 is 30.7 Å². The number of nitrogens with one attached hydrogen (secondary N) is 2. The zero-order valence-electron chi connectivity index (χ0n) is 15.5. The van der Waals surface area contributed by atoms with Crippen molar-refractivity contribution in [3.05, 3.63) is 0 Å². The van der Waals surface area contributed by atoms with Crippen LogP contribution in [0.4, 0.5) is 17.8 Å². The molecule has 2 fully saturated rings. The number of aromatic nitrogens is 3. The highest BCUT2D eigenvalue weighted by atomic mass is 16.5. The van der Waals surface area contributed by atoms with Crippen LogP contribution >= 0.6 is 0 Å². The Hall–Kier alpha value is -1.71. The third kappa shape index (κ3) is 6.54. The molecular weight excluding hydrogens is 334 g/mol. The van der Waals surface area contributed by atoms with Gasteiger partial charge in [0.05, 0.1) is 26.4 Å². The van der Waals surface area contributed by atoms with E-state index in [2.05, 4.69) is 30.5 Å². The van der Waals surface area contributed by atoms with Gasteiger partial charge in [0.1, 0.15) is 0 Å². The Bertz CT molecular complexity index is 536.